The van der Waals surface area contributed by atoms with Crippen LogP contribution in [0.25, 0.3) is 0 Å². The Morgan fingerprint density at radius 3 is 2.56 bits per heavy atom. The van der Waals surface area contributed by atoms with Crippen LogP contribution in [0.5, 0.6) is 0 Å². The van der Waals surface area contributed by atoms with Gasteiger partial charge >= 0.3 is 0 Å². The lowest BCUT2D eigenvalue weighted by molar-refractivity contribution is 0.480. The number of sulfonamides is 1. The normalized spacial score (nSPS) is 13.9. The summed E-state index contributed by atoms with van der Waals surface area (Å²) in [5, 5.41) is 0. The molecule has 1 rings (SSSR count). The van der Waals surface area contributed by atoms with Crippen LogP contribution >= 0.6 is 15.9 Å². The van der Waals surface area contributed by atoms with Gasteiger partial charge in [0.2, 0.25) is 10.0 Å². The van der Waals surface area contributed by atoms with Crippen LogP contribution in [0.1, 0.15) is 13.8 Å². The Bertz CT molecular complexity index is 520. The Labute approximate surface area is 115 Å². The summed E-state index contributed by atoms with van der Waals surface area (Å²) in [5.41, 5.74) is 5.74. The van der Waals surface area contributed by atoms with E-state index in [0.717, 1.165) is 6.07 Å². The molecule has 0 radical (unpaired) electrons. The molecule has 0 aliphatic rings. The van der Waals surface area contributed by atoms with E-state index in [0.29, 0.717) is 4.47 Å². The Hall–Kier alpha value is -0.500. The molecule has 102 valence electrons. The molecule has 0 saturated heterocycles. The van der Waals surface area contributed by atoms with Crippen molar-refractivity contribution in [3.05, 3.63) is 28.5 Å². The predicted octanol–water partition coefficient (Wildman–Crippen LogP) is 1.85. The van der Waals surface area contributed by atoms with Gasteiger partial charge in [-0.2, -0.15) is 0 Å². The minimum Gasteiger partial charge on any atom is -0.326 e. The first-order valence-electron chi connectivity index (χ1n) is 5.44. The van der Waals surface area contributed by atoms with Crippen LogP contribution in [-0.2, 0) is 10.0 Å². The van der Waals surface area contributed by atoms with Crippen molar-refractivity contribution in [3.8, 4) is 0 Å². The molecule has 0 aliphatic heterocycles. The largest absolute Gasteiger partial charge is 0.326 e. The Balaban J connectivity index is 2.87. The summed E-state index contributed by atoms with van der Waals surface area (Å²) in [6, 6.07) is 3.48. The molecule has 0 heterocycles. The van der Waals surface area contributed by atoms with Crippen LogP contribution in [-0.4, -0.2) is 21.0 Å². The van der Waals surface area contributed by atoms with Crippen LogP contribution < -0.4 is 10.5 Å². The monoisotopic (exact) mass is 338 g/mol. The smallest absolute Gasteiger partial charge is 0.243 e. The Kier molecular flexibility index (Phi) is 5.27. The average Bonchev–Trinajstić information content (AvgIpc) is 2.25. The molecule has 18 heavy (non-hydrogen) atoms. The van der Waals surface area contributed by atoms with E-state index in [1.54, 1.807) is 0 Å². The Morgan fingerprint density at radius 2 is 2.06 bits per heavy atom. The molecule has 1 unspecified atom stereocenters. The highest BCUT2D eigenvalue weighted by Gasteiger charge is 2.20. The van der Waals surface area contributed by atoms with Gasteiger partial charge in [0, 0.05) is 17.1 Å². The van der Waals surface area contributed by atoms with Gasteiger partial charge in [0.05, 0.1) is 0 Å². The van der Waals surface area contributed by atoms with Gasteiger partial charge in [0.15, 0.2) is 0 Å². The molecule has 0 bridgehead atoms. The number of hydrogen-bond acceptors (Lipinski definition) is 3. The van der Waals surface area contributed by atoms with Crippen molar-refractivity contribution < 1.29 is 12.8 Å². The molecule has 0 aromatic heterocycles. The van der Waals surface area contributed by atoms with Gasteiger partial charge in [-0.05, 0) is 24.1 Å². The summed E-state index contributed by atoms with van der Waals surface area (Å²) in [5.74, 6) is -0.655. The average molecular weight is 339 g/mol. The topological polar surface area (TPSA) is 72.2 Å². The molecular formula is C11H16BrFN2O2S. The number of nitrogens with two attached hydrogens (primary N) is 1. The molecule has 0 saturated carbocycles. The molecule has 4 nitrogen and oxygen atoms in total. The van der Waals surface area contributed by atoms with Crippen molar-refractivity contribution in [2.45, 2.75) is 24.8 Å². The minimum absolute atomic E-state index is 0.0789. The minimum atomic E-state index is -3.86. The van der Waals surface area contributed by atoms with Crippen molar-refractivity contribution in [1.29, 1.82) is 0 Å². The highest BCUT2D eigenvalue weighted by molar-refractivity contribution is 9.10. The van der Waals surface area contributed by atoms with Gasteiger partial charge in [-0.1, -0.05) is 29.8 Å². The second-order valence-corrected chi connectivity index (χ2v) is 6.99. The van der Waals surface area contributed by atoms with Gasteiger partial charge in [-0.3, -0.25) is 0 Å². The highest BCUT2D eigenvalue weighted by atomic mass is 79.9. The van der Waals surface area contributed by atoms with Crippen molar-refractivity contribution in [3.63, 3.8) is 0 Å². The molecule has 0 amide bonds. The molecule has 0 fully saturated rings. The van der Waals surface area contributed by atoms with Gasteiger partial charge in [-0.25, -0.2) is 17.5 Å². The van der Waals surface area contributed by atoms with Crippen LogP contribution in [0.2, 0.25) is 0 Å². The number of rotatable bonds is 5. The van der Waals surface area contributed by atoms with Crippen molar-refractivity contribution >= 4 is 26.0 Å². The molecule has 1 aromatic carbocycles. The third-order valence-electron chi connectivity index (χ3n) is 2.55. The van der Waals surface area contributed by atoms with Crippen molar-refractivity contribution in [2.75, 3.05) is 6.54 Å². The van der Waals surface area contributed by atoms with Crippen LogP contribution in [0, 0.1) is 11.7 Å². The number of halogens is 2. The maximum Gasteiger partial charge on any atom is 0.243 e. The first kappa shape index (κ1) is 15.6. The number of nitrogens with one attached hydrogen (secondary N) is 1. The fourth-order valence-corrected chi connectivity index (χ4v) is 2.68. The van der Waals surface area contributed by atoms with E-state index in [1.807, 2.05) is 13.8 Å². The Morgan fingerprint density at radius 1 is 1.44 bits per heavy atom. The molecule has 1 atom stereocenters. The lowest BCUT2D eigenvalue weighted by Gasteiger charge is -2.16. The third-order valence-corrected chi connectivity index (χ3v) is 4.50. The van der Waals surface area contributed by atoms with Crippen molar-refractivity contribution in [1.82, 2.24) is 4.72 Å². The molecular weight excluding hydrogens is 323 g/mol. The van der Waals surface area contributed by atoms with E-state index in [-0.39, 0.29) is 23.4 Å². The van der Waals surface area contributed by atoms with Crippen LogP contribution in [0.15, 0.2) is 27.6 Å². The van der Waals surface area contributed by atoms with E-state index in [9.17, 15) is 12.8 Å². The van der Waals surface area contributed by atoms with Gasteiger partial charge < -0.3 is 5.73 Å². The van der Waals surface area contributed by atoms with Crippen LogP contribution in [0.4, 0.5) is 4.39 Å². The highest BCUT2D eigenvalue weighted by Crippen LogP contribution is 2.19. The zero-order valence-electron chi connectivity index (χ0n) is 10.2. The molecule has 3 N–H and O–H groups in total. The lowest BCUT2D eigenvalue weighted by atomic mass is 10.1. The molecule has 1 aromatic rings. The first-order valence-corrected chi connectivity index (χ1v) is 7.72. The maximum absolute atomic E-state index is 13.5. The summed E-state index contributed by atoms with van der Waals surface area (Å²) in [6.07, 6.45) is 0. The lowest BCUT2D eigenvalue weighted by Crippen LogP contribution is -2.40. The quantitative estimate of drug-likeness (QED) is 0.860. The summed E-state index contributed by atoms with van der Waals surface area (Å²) in [7, 11) is -3.86. The zero-order valence-corrected chi connectivity index (χ0v) is 12.6. The van der Waals surface area contributed by atoms with E-state index in [4.69, 9.17) is 5.73 Å². The first-order chi connectivity index (χ1) is 8.24. The van der Waals surface area contributed by atoms with Gasteiger partial charge in [-0.15, -0.1) is 0 Å². The van der Waals surface area contributed by atoms with Gasteiger partial charge in [0.1, 0.15) is 10.7 Å². The molecule has 7 heteroatoms. The molecule has 0 spiro atoms. The van der Waals surface area contributed by atoms with E-state index in [2.05, 4.69) is 20.7 Å². The fraction of sp³-hybridized carbons (Fsp3) is 0.455. The maximum atomic E-state index is 13.5. The number of benzene rings is 1. The second kappa shape index (κ2) is 6.10. The fourth-order valence-electron chi connectivity index (χ4n) is 1.21. The van der Waals surface area contributed by atoms with Crippen molar-refractivity contribution in [2.24, 2.45) is 11.7 Å². The van der Waals surface area contributed by atoms with E-state index < -0.39 is 15.8 Å². The SMILES string of the molecule is CC(C)C(N)CNS(=O)(=O)c1ccc(Br)cc1F. The van der Waals surface area contributed by atoms with E-state index >= 15 is 0 Å². The summed E-state index contributed by atoms with van der Waals surface area (Å²) in [4.78, 5) is -0.373. The number of hydrogen-bond donors (Lipinski definition) is 2. The molecule has 0 aliphatic carbocycles. The summed E-state index contributed by atoms with van der Waals surface area (Å²) < 4.78 is 40.1. The third kappa shape index (κ3) is 4.01. The summed E-state index contributed by atoms with van der Waals surface area (Å²) >= 11 is 3.07. The predicted molar refractivity (Wildman–Crippen MR) is 72.1 cm³/mol. The second-order valence-electron chi connectivity index (χ2n) is 4.33. The van der Waals surface area contributed by atoms with E-state index in [1.165, 1.54) is 12.1 Å². The van der Waals surface area contributed by atoms with Gasteiger partial charge in [0.25, 0.3) is 0 Å². The zero-order chi connectivity index (χ0) is 13.9. The summed E-state index contributed by atoms with van der Waals surface area (Å²) in [6.45, 7) is 3.86. The standard InChI is InChI=1S/C11H16BrFN2O2S/c1-7(2)10(14)6-15-18(16,17)11-4-3-8(12)5-9(11)13/h3-5,7,10,15H,6,14H2,1-2H3. The van der Waals surface area contributed by atoms with Crippen LogP contribution in [0.3, 0.4) is 0 Å².